The summed E-state index contributed by atoms with van der Waals surface area (Å²) in [5, 5.41) is 11.9. The van der Waals surface area contributed by atoms with Crippen molar-refractivity contribution >= 4 is 11.8 Å². The second kappa shape index (κ2) is 7.73. The molecule has 1 rings (SSSR count). The van der Waals surface area contributed by atoms with Gasteiger partial charge in [-0.2, -0.15) is 11.8 Å². The summed E-state index contributed by atoms with van der Waals surface area (Å²) in [5.41, 5.74) is 0. The maximum Gasteiger partial charge on any atom is 0.122 e. The molecule has 0 unspecified atom stereocenters. The zero-order valence-electron chi connectivity index (χ0n) is 9.15. The predicted octanol–water partition coefficient (Wildman–Crippen LogP) is 0.625. The Morgan fingerprint density at radius 3 is 3.07 bits per heavy atom. The second-order valence-electron chi connectivity index (χ2n) is 3.32. The van der Waals surface area contributed by atoms with Gasteiger partial charge >= 0.3 is 0 Å². The van der Waals surface area contributed by atoms with Crippen molar-refractivity contribution < 1.29 is 5.11 Å². The van der Waals surface area contributed by atoms with Crippen LogP contribution in [0.25, 0.3) is 0 Å². The van der Waals surface area contributed by atoms with Crippen LogP contribution in [0.15, 0.2) is 12.4 Å². The molecule has 0 radical (unpaired) electrons. The van der Waals surface area contributed by atoms with E-state index in [0.29, 0.717) is 6.61 Å². The first-order valence-corrected chi connectivity index (χ1v) is 6.35. The number of thioether (sulfide) groups is 1. The van der Waals surface area contributed by atoms with E-state index in [1.165, 1.54) is 0 Å². The molecule has 0 atom stereocenters. The molecule has 15 heavy (non-hydrogen) atoms. The minimum atomic E-state index is 0.299. The quantitative estimate of drug-likeness (QED) is 0.642. The number of nitrogens with zero attached hydrogens (tertiary/aromatic N) is 2. The van der Waals surface area contributed by atoms with Crippen LogP contribution in [0.5, 0.6) is 0 Å². The first kappa shape index (κ1) is 12.5. The molecule has 1 aromatic heterocycles. The zero-order valence-corrected chi connectivity index (χ0v) is 9.96. The van der Waals surface area contributed by atoms with Gasteiger partial charge in [0.25, 0.3) is 0 Å². The summed E-state index contributed by atoms with van der Waals surface area (Å²) in [4.78, 5) is 4.22. The Labute approximate surface area is 95.1 Å². The molecule has 0 saturated heterocycles. The number of nitrogens with one attached hydrogen (secondary N) is 1. The van der Waals surface area contributed by atoms with Gasteiger partial charge in [-0.25, -0.2) is 4.98 Å². The van der Waals surface area contributed by atoms with E-state index in [9.17, 15) is 0 Å². The Morgan fingerprint density at radius 2 is 2.40 bits per heavy atom. The molecular formula is C10H19N3OS. The summed E-state index contributed by atoms with van der Waals surface area (Å²) in [6, 6.07) is 0. The highest BCUT2D eigenvalue weighted by molar-refractivity contribution is 7.99. The average Bonchev–Trinajstić information content (AvgIpc) is 2.63. The fourth-order valence-electron chi connectivity index (χ4n) is 1.18. The van der Waals surface area contributed by atoms with Gasteiger partial charge in [0.15, 0.2) is 0 Å². The van der Waals surface area contributed by atoms with Gasteiger partial charge in [-0.05, 0) is 12.2 Å². The zero-order chi connectivity index (χ0) is 10.9. The molecule has 0 aliphatic carbocycles. The molecule has 5 heteroatoms. The average molecular weight is 229 g/mol. The van der Waals surface area contributed by atoms with E-state index in [0.717, 1.165) is 36.8 Å². The van der Waals surface area contributed by atoms with Crippen LogP contribution < -0.4 is 5.32 Å². The molecule has 86 valence electrons. The lowest BCUT2D eigenvalue weighted by atomic mass is 10.5. The lowest BCUT2D eigenvalue weighted by Gasteiger charge is -2.04. The monoisotopic (exact) mass is 229 g/mol. The minimum absolute atomic E-state index is 0.299. The smallest absolute Gasteiger partial charge is 0.122 e. The largest absolute Gasteiger partial charge is 0.396 e. The number of aryl methyl sites for hydroxylation is 1. The third-order valence-electron chi connectivity index (χ3n) is 2.07. The lowest BCUT2D eigenvalue weighted by molar-refractivity contribution is 0.296. The van der Waals surface area contributed by atoms with Crippen molar-refractivity contribution in [3.8, 4) is 0 Å². The molecule has 0 aliphatic rings. The van der Waals surface area contributed by atoms with Crippen LogP contribution >= 0.6 is 11.8 Å². The predicted molar refractivity (Wildman–Crippen MR) is 63.9 cm³/mol. The van der Waals surface area contributed by atoms with Crippen LogP contribution in [-0.4, -0.2) is 39.3 Å². The number of hydrogen-bond donors (Lipinski definition) is 2. The van der Waals surface area contributed by atoms with Gasteiger partial charge in [-0.1, -0.05) is 0 Å². The van der Waals surface area contributed by atoms with Gasteiger partial charge in [-0.15, -0.1) is 0 Å². The first-order chi connectivity index (χ1) is 7.34. The Kier molecular flexibility index (Phi) is 6.47. The third-order valence-corrected chi connectivity index (χ3v) is 3.14. The molecule has 0 aliphatic heterocycles. The summed E-state index contributed by atoms with van der Waals surface area (Å²) in [6.45, 7) is 2.11. The highest BCUT2D eigenvalue weighted by atomic mass is 32.2. The van der Waals surface area contributed by atoms with E-state index in [4.69, 9.17) is 5.11 Å². The van der Waals surface area contributed by atoms with E-state index in [1.54, 1.807) is 0 Å². The van der Waals surface area contributed by atoms with Crippen molar-refractivity contribution in [3.05, 3.63) is 18.2 Å². The van der Waals surface area contributed by atoms with Crippen molar-refractivity contribution in [1.82, 2.24) is 14.9 Å². The minimum Gasteiger partial charge on any atom is -0.396 e. The van der Waals surface area contributed by atoms with Crippen molar-refractivity contribution in [1.29, 1.82) is 0 Å². The number of imidazole rings is 1. The summed E-state index contributed by atoms with van der Waals surface area (Å²) in [5.74, 6) is 3.20. The Morgan fingerprint density at radius 1 is 1.53 bits per heavy atom. The van der Waals surface area contributed by atoms with Gasteiger partial charge < -0.3 is 15.0 Å². The first-order valence-electron chi connectivity index (χ1n) is 5.20. The standard InChI is InChI=1S/C10H19N3OS/c1-13-5-3-12-10(13)9-11-4-8-15-7-2-6-14/h3,5,11,14H,2,4,6-9H2,1H3. The summed E-state index contributed by atoms with van der Waals surface area (Å²) in [6.07, 6.45) is 4.66. The highest BCUT2D eigenvalue weighted by Gasteiger charge is 1.97. The van der Waals surface area contributed by atoms with Gasteiger partial charge in [-0.3, -0.25) is 0 Å². The van der Waals surface area contributed by atoms with E-state index in [2.05, 4.69) is 10.3 Å². The van der Waals surface area contributed by atoms with E-state index < -0.39 is 0 Å². The molecular weight excluding hydrogens is 210 g/mol. The number of rotatable bonds is 8. The van der Waals surface area contributed by atoms with E-state index in [-0.39, 0.29) is 0 Å². The summed E-state index contributed by atoms with van der Waals surface area (Å²) in [7, 11) is 2.00. The molecule has 0 saturated carbocycles. The van der Waals surface area contributed by atoms with Crippen molar-refractivity contribution in [3.63, 3.8) is 0 Å². The van der Waals surface area contributed by atoms with Gasteiger partial charge in [0.2, 0.25) is 0 Å². The maximum absolute atomic E-state index is 8.58. The fourth-order valence-corrected chi connectivity index (χ4v) is 2.01. The number of aromatic nitrogens is 2. The van der Waals surface area contributed by atoms with Gasteiger partial charge in [0, 0.05) is 38.3 Å². The molecule has 0 aromatic carbocycles. The molecule has 1 heterocycles. The molecule has 0 fully saturated rings. The fraction of sp³-hybridized carbons (Fsp3) is 0.700. The van der Waals surface area contributed by atoms with Crippen LogP contribution in [0.3, 0.4) is 0 Å². The number of aliphatic hydroxyl groups is 1. The second-order valence-corrected chi connectivity index (χ2v) is 4.55. The lowest BCUT2D eigenvalue weighted by Crippen LogP contribution is -2.19. The molecule has 1 aromatic rings. The molecule has 4 nitrogen and oxygen atoms in total. The van der Waals surface area contributed by atoms with Crippen LogP contribution in [-0.2, 0) is 13.6 Å². The normalized spacial score (nSPS) is 10.8. The molecule has 0 amide bonds. The van der Waals surface area contributed by atoms with E-state index >= 15 is 0 Å². The van der Waals surface area contributed by atoms with Crippen LogP contribution in [0.2, 0.25) is 0 Å². The SMILES string of the molecule is Cn1ccnc1CNCCSCCCO. The number of aliphatic hydroxyl groups excluding tert-OH is 1. The summed E-state index contributed by atoms with van der Waals surface area (Å²) < 4.78 is 2.02. The molecule has 2 N–H and O–H groups in total. The maximum atomic E-state index is 8.58. The Hall–Kier alpha value is -0.520. The van der Waals surface area contributed by atoms with Gasteiger partial charge in [0.1, 0.15) is 5.82 Å². The third kappa shape index (κ3) is 5.20. The Balaban J connectivity index is 1.96. The van der Waals surface area contributed by atoms with Crippen LogP contribution in [0, 0.1) is 0 Å². The van der Waals surface area contributed by atoms with Crippen molar-refractivity contribution in [2.45, 2.75) is 13.0 Å². The molecule has 0 bridgehead atoms. The van der Waals surface area contributed by atoms with Crippen molar-refractivity contribution in [2.75, 3.05) is 24.7 Å². The highest BCUT2D eigenvalue weighted by Crippen LogP contribution is 2.00. The summed E-state index contributed by atoms with van der Waals surface area (Å²) >= 11 is 1.87. The van der Waals surface area contributed by atoms with Crippen LogP contribution in [0.1, 0.15) is 12.2 Å². The van der Waals surface area contributed by atoms with Gasteiger partial charge in [0.05, 0.1) is 6.54 Å². The molecule has 0 spiro atoms. The topological polar surface area (TPSA) is 50.1 Å². The number of hydrogen-bond acceptors (Lipinski definition) is 4. The van der Waals surface area contributed by atoms with E-state index in [1.807, 2.05) is 35.8 Å². The van der Waals surface area contributed by atoms with Crippen molar-refractivity contribution in [2.24, 2.45) is 7.05 Å². The Bertz CT molecular complexity index is 265. The van der Waals surface area contributed by atoms with Crippen LogP contribution in [0.4, 0.5) is 0 Å².